The van der Waals surface area contributed by atoms with Crippen molar-refractivity contribution in [2.75, 3.05) is 0 Å². The normalized spacial score (nSPS) is 2.50. The van der Waals surface area contributed by atoms with E-state index >= 15 is 0 Å². The first-order valence-electron chi connectivity index (χ1n) is 0.455. The first-order chi connectivity index (χ1) is 2.00. The molecule has 0 aliphatic heterocycles. The molecule has 0 aromatic rings. The van der Waals surface area contributed by atoms with Gasteiger partial charge in [0.2, 0.25) is 0 Å². The van der Waals surface area contributed by atoms with Crippen LogP contribution in [0.5, 0.6) is 0 Å². The second kappa shape index (κ2) is 49.9. The Balaban J connectivity index is 0. The molecule has 4 heavy (non-hydrogen) atoms. The van der Waals surface area contributed by atoms with E-state index in [2.05, 4.69) is 0 Å². The summed E-state index contributed by atoms with van der Waals surface area (Å²) in [6, 6.07) is 0. The van der Waals surface area contributed by atoms with Gasteiger partial charge in [-0.2, -0.15) is 0 Å². The van der Waals surface area contributed by atoms with E-state index in [4.69, 9.17) is 7.38 Å². The number of hydrogen-bond donors (Lipinski definition) is 0. The van der Waals surface area contributed by atoms with Crippen molar-refractivity contribution in [1.29, 1.82) is 0 Å². The Bertz CT molecular complexity index is 8.00. The Morgan fingerprint density at radius 2 is 1.25 bits per heavy atom. The van der Waals surface area contributed by atoms with Crippen LogP contribution in [0.15, 0.2) is 0 Å². The molecule has 0 atom stereocenters. The van der Waals surface area contributed by atoms with Crippen LogP contribution in [0.3, 0.4) is 0 Å². The molecule has 0 aromatic heterocycles. The molecule has 0 bridgehead atoms. The Hall–Kier alpha value is 0.756. The molecule has 0 aromatic carbocycles. The zero-order valence-electron chi connectivity index (χ0n) is 1.93. The molecule has 0 saturated carbocycles. The molecule has 0 saturated heterocycles. The molecule has 0 rings (SSSR count). The van der Waals surface area contributed by atoms with Crippen LogP contribution in [-0.2, 0) is 41.9 Å². The van der Waals surface area contributed by atoms with E-state index in [1.165, 1.54) is 16.2 Å². The zero-order chi connectivity index (χ0) is 4.00. The van der Waals surface area contributed by atoms with E-state index in [9.17, 15) is 0 Å². The van der Waals surface area contributed by atoms with Gasteiger partial charge in [-0.05, 0) is 0 Å². The first kappa shape index (κ1) is 8.83. The van der Waals surface area contributed by atoms with Gasteiger partial charge in [0.25, 0.3) is 0 Å². The molecule has 0 amide bonds. The molecule has 20 valence electrons. The Morgan fingerprint density at radius 3 is 1.25 bits per heavy atom. The van der Waals surface area contributed by atoms with Gasteiger partial charge in [-0.1, -0.05) is 0 Å². The van der Waals surface area contributed by atoms with E-state index in [-0.39, 0.29) is 18.3 Å². The third kappa shape index (κ3) is 14.9. The summed E-state index contributed by atoms with van der Waals surface area (Å²) in [4.78, 5) is 0. The van der Waals surface area contributed by atoms with E-state index in [0.717, 1.165) is 0 Å². The molecule has 0 spiro atoms. The average molecular weight is 149 g/mol. The molecule has 0 unspecified atom stereocenters. The van der Waals surface area contributed by atoms with Crippen molar-refractivity contribution in [2.45, 2.75) is 0 Å². The predicted octanol–water partition coefficient (Wildman–Crippen LogP) is -0.243. The van der Waals surface area contributed by atoms with Crippen molar-refractivity contribution >= 4 is 0 Å². The topological polar surface area (TPSA) is 34.1 Å². The van der Waals surface area contributed by atoms with Crippen LogP contribution in [0.1, 0.15) is 0 Å². The van der Waals surface area contributed by atoms with Gasteiger partial charge in [0, 0.05) is 0 Å². The zero-order valence-corrected chi connectivity index (χ0v) is 6.17. The number of rotatable bonds is 0. The second-order valence-electron chi connectivity index (χ2n) is 0. The summed E-state index contributed by atoms with van der Waals surface area (Å²) in [5.41, 5.74) is 0. The summed E-state index contributed by atoms with van der Waals surface area (Å²) in [6.45, 7) is 0. The van der Waals surface area contributed by atoms with E-state index in [1.54, 1.807) is 0 Å². The van der Waals surface area contributed by atoms with Crippen LogP contribution < -0.4 is 0 Å². The van der Waals surface area contributed by atoms with Crippen LogP contribution in [0.2, 0.25) is 0 Å². The van der Waals surface area contributed by atoms with Crippen LogP contribution in [0.4, 0.5) is 0 Å². The molecule has 0 aliphatic carbocycles. The van der Waals surface area contributed by atoms with Crippen molar-refractivity contribution in [3.05, 3.63) is 0 Å². The van der Waals surface area contributed by atoms with Crippen LogP contribution in [-0.4, -0.2) is 0 Å². The van der Waals surface area contributed by atoms with E-state index in [0.29, 0.717) is 0 Å². The Morgan fingerprint density at radius 1 is 1.25 bits per heavy atom. The summed E-state index contributed by atoms with van der Waals surface area (Å²) in [7, 11) is 0. The monoisotopic (exact) mass is 148 g/mol. The predicted molar refractivity (Wildman–Crippen MR) is 1.37 cm³/mol. The molecule has 0 fully saturated rings. The van der Waals surface area contributed by atoms with Crippen LogP contribution in [0.25, 0.3) is 0 Å². The summed E-state index contributed by atoms with van der Waals surface area (Å²) >= 11 is 1.50. The van der Waals surface area contributed by atoms with E-state index < -0.39 is 0 Å². The molecular weight excluding hydrogens is 149 g/mol. The fourth-order valence-corrected chi connectivity index (χ4v) is 0. The number of hydrogen-bond acceptors (Lipinski definition) is 2. The quantitative estimate of drug-likeness (QED) is 0.446. The van der Waals surface area contributed by atoms with Gasteiger partial charge in [0.15, 0.2) is 0 Å². The molecular formula is CrO2Zn. The SMILES string of the molecule is [O]=[Cr].[O]=[Zn]. The third-order valence-electron chi connectivity index (χ3n) is 0. The van der Waals surface area contributed by atoms with Crippen molar-refractivity contribution in [2.24, 2.45) is 0 Å². The van der Waals surface area contributed by atoms with Crippen molar-refractivity contribution < 1.29 is 41.9 Å². The van der Waals surface area contributed by atoms with Gasteiger partial charge in [-0.25, -0.2) is 0 Å². The van der Waals surface area contributed by atoms with Crippen LogP contribution in [0, 0.1) is 0 Å². The summed E-state index contributed by atoms with van der Waals surface area (Å²) in [5.74, 6) is 0. The van der Waals surface area contributed by atoms with Gasteiger partial charge in [-0.3, -0.25) is 0 Å². The fraction of sp³-hybridized carbons (Fsp3) is 0. The molecule has 4 heteroatoms. The fourth-order valence-electron chi connectivity index (χ4n) is 0. The summed E-state index contributed by atoms with van der Waals surface area (Å²) in [5, 5.41) is 0. The van der Waals surface area contributed by atoms with Crippen molar-refractivity contribution in [3.63, 3.8) is 0 Å². The summed E-state index contributed by atoms with van der Waals surface area (Å²) in [6.07, 6.45) is 0. The third-order valence-corrected chi connectivity index (χ3v) is 0. The van der Waals surface area contributed by atoms with Gasteiger partial charge in [-0.15, -0.1) is 0 Å². The second-order valence-corrected chi connectivity index (χ2v) is 0. The minimum absolute atomic E-state index is 0.125. The molecule has 0 N–H and O–H groups in total. The molecule has 0 radical (unpaired) electrons. The Kier molecular flexibility index (Phi) is 110. The van der Waals surface area contributed by atoms with Gasteiger partial charge >= 0.3 is 41.9 Å². The van der Waals surface area contributed by atoms with Crippen LogP contribution >= 0.6 is 0 Å². The maximum absolute atomic E-state index is 8.38. The summed E-state index contributed by atoms with van der Waals surface area (Å²) < 4.78 is 16.5. The molecule has 0 heterocycles. The van der Waals surface area contributed by atoms with Crippen molar-refractivity contribution in [3.8, 4) is 0 Å². The minimum atomic E-state index is 0.125. The molecule has 0 aliphatic rings. The van der Waals surface area contributed by atoms with Gasteiger partial charge < -0.3 is 0 Å². The average Bonchev–Trinajstić information content (AvgIpc) is 1.50. The maximum atomic E-state index is 8.38. The Labute approximate surface area is 42.1 Å². The van der Waals surface area contributed by atoms with E-state index in [1.807, 2.05) is 0 Å². The molecule has 2 nitrogen and oxygen atoms in total. The standard InChI is InChI=1S/Cr.2O.Zn. The first-order valence-corrected chi connectivity index (χ1v) is 2.19. The van der Waals surface area contributed by atoms with Crippen molar-refractivity contribution in [1.82, 2.24) is 0 Å². The van der Waals surface area contributed by atoms with Gasteiger partial charge in [0.05, 0.1) is 0 Å². The van der Waals surface area contributed by atoms with Gasteiger partial charge in [0.1, 0.15) is 0 Å².